The third-order valence-electron chi connectivity index (χ3n) is 4.94. The molecule has 3 atom stereocenters. The zero-order chi connectivity index (χ0) is 20.3. The number of aromatic nitrogens is 2. The van der Waals surface area contributed by atoms with Crippen molar-refractivity contribution in [1.82, 2.24) is 20.6 Å². The molecule has 1 aliphatic rings. The molecule has 1 fully saturated rings. The number of hydrogen-bond acceptors (Lipinski definition) is 7. The summed E-state index contributed by atoms with van der Waals surface area (Å²) >= 11 is 0. The maximum absolute atomic E-state index is 12.5. The molecule has 8 nitrogen and oxygen atoms in total. The molecule has 1 amide bonds. The van der Waals surface area contributed by atoms with Crippen molar-refractivity contribution in [3.8, 4) is 0 Å². The molecule has 3 unspecified atom stereocenters. The van der Waals surface area contributed by atoms with E-state index < -0.39 is 6.29 Å². The molecule has 0 spiro atoms. The predicted octanol–water partition coefficient (Wildman–Crippen LogP) is 2.01. The van der Waals surface area contributed by atoms with Gasteiger partial charge in [0.05, 0.1) is 23.7 Å². The van der Waals surface area contributed by atoms with E-state index >= 15 is 0 Å². The van der Waals surface area contributed by atoms with Gasteiger partial charge in [-0.3, -0.25) is 14.9 Å². The summed E-state index contributed by atoms with van der Waals surface area (Å²) in [7, 11) is 0. The fourth-order valence-electron chi connectivity index (χ4n) is 3.45. The molecule has 0 radical (unpaired) electrons. The first-order chi connectivity index (χ1) is 13.4. The third kappa shape index (κ3) is 4.56. The highest BCUT2D eigenvalue weighted by Crippen LogP contribution is 2.20. The number of amides is 1. The first-order valence-corrected chi connectivity index (χ1v) is 9.61. The van der Waals surface area contributed by atoms with Crippen LogP contribution in [0.25, 0.3) is 10.9 Å². The number of aryl methyl sites for hydroxylation is 2. The van der Waals surface area contributed by atoms with E-state index in [4.69, 9.17) is 4.74 Å². The van der Waals surface area contributed by atoms with Gasteiger partial charge in [-0.1, -0.05) is 12.1 Å². The van der Waals surface area contributed by atoms with Crippen molar-refractivity contribution in [3.63, 3.8) is 0 Å². The van der Waals surface area contributed by atoms with Gasteiger partial charge in [0.1, 0.15) is 0 Å². The largest absolute Gasteiger partial charge is 0.466 e. The Morgan fingerprint density at radius 3 is 2.79 bits per heavy atom. The summed E-state index contributed by atoms with van der Waals surface area (Å²) in [5.74, 6) is -0.241. The number of carbonyl (C=O) groups is 2. The van der Waals surface area contributed by atoms with Crippen LogP contribution in [0.1, 0.15) is 37.9 Å². The van der Waals surface area contributed by atoms with Crippen molar-refractivity contribution < 1.29 is 14.3 Å². The van der Waals surface area contributed by atoms with Crippen molar-refractivity contribution in [3.05, 3.63) is 29.5 Å². The lowest BCUT2D eigenvalue weighted by molar-refractivity contribution is -0.143. The number of benzene rings is 1. The molecule has 1 aromatic heterocycles. The highest BCUT2D eigenvalue weighted by atomic mass is 16.5. The highest BCUT2D eigenvalue weighted by Gasteiger charge is 2.33. The van der Waals surface area contributed by atoms with Crippen LogP contribution < -0.4 is 16.0 Å². The number of hydrogen-bond donors (Lipinski definition) is 3. The van der Waals surface area contributed by atoms with Gasteiger partial charge < -0.3 is 15.4 Å². The molecule has 0 bridgehead atoms. The first kappa shape index (κ1) is 20.0. The van der Waals surface area contributed by atoms with Crippen LogP contribution >= 0.6 is 0 Å². The van der Waals surface area contributed by atoms with Crippen LogP contribution in [0.3, 0.4) is 0 Å². The topological polar surface area (TPSA) is 105 Å². The first-order valence-electron chi connectivity index (χ1n) is 9.61. The molecule has 28 heavy (non-hydrogen) atoms. The van der Waals surface area contributed by atoms with Crippen LogP contribution in [-0.4, -0.2) is 40.8 Å². The van der Waals surface area contributed by atoms with Crippen molar-refractivity contribution in [1.29, 1.82) is 0 Å². The average molecular weight is 385 g/mol. The number of nitrogens with one attached hydrogen (secondary N) is 3. The zero-order valence-corrected chi connectivity index (χ0v) is 16.7. The van der Waals surface area contributed by atoms with E-state index in [9.17, 15) is 9.59 Å². The second-order valence-corrected chi connectivity index (χ2v) is 7.14. The molecule has 0 aliphatic carbocycles. The third-order valence-corrected chi connectivity index (χ3v) is 4.94. The van der Waals surface area contributed by atoms with Crippen LogP contribution in [-0.2, 0) is 14.3 Å². The predicted molar refractivity (Wildman–Crippen MR) is 107 cm³/mol. The second-order valence-electron chi connectivity index (χ2n) is 7.14. The zero-order valence-electron chi connectivity index (χ0n) is 16.7. The van der Waals surface area contributed by atoms with Gasteiger partial charge in [-0.25, -0.2) is 9.97 Å². The Morgan fingerprint density at radius 2 is 2.07 bits per heavy atom. The van der Waals surface area contributed by atoms with Crippen LogP contribution in [0, 0.1) is 19.8 Å². The summed E-state index contributed by atoms with van der Waals surface area (Å²) < 4.78 is 4.94. The monoisotopic (exact) mass is 385 g/mol. The standard InChI is InChI=1S/C20H27N5O3/c1-5-28-17(26)9-8-15-13(4)22-20(24-18(15)27)25-19-21-12(3)14-7-6-11(2)10-16(14)23-19/h6-7,10,13,15,20,22H,5,8-9H2,1-4H3,(H,24,27)(H,21,23,25). The number of ether oxygens (including phenoxy) is 1. The van der Waals surface area contributed by atoms with E-state index in [0.29, 0.717) is 19.0 Å². The number of rotatable bonds is 6. The summed E-state index contributed by atoms with van der Waals surface area (Å²) in [5.41, 5.74) is 2.85. The van der Waals surface area contributed by atoms with E-state index in [2.05, 4.69) is 25.9 Å². The minimum atomic E-state index is -0.483. The normalized spacial score (nSPS) is 22.0. The molecule has 0 saturated carbocycles. The molecule has 8 heteroatoms. The van der Waals surface area contributed by atoms with Crippen molar-refractivity contribution in [2.45, 2.75) is 52.9 Å². The molecule has 150 valence electrons. The van der Waals surface area contributed by atoms with E-state index in [1.807, 2.05) is 39.0 Å². The summed E-state index contributed by atoms with van der Waals surface area (Å²) in [6.45, 7) is 8.00. The lowest BCUT2D eigenvalue weighted by Crippen LogP contribution is -2.63. The second kappa shape index (κ2) is 8.52. The number of nitrogens with zero attached hydrogens (tertiary/aromatic N) is 2. The molecule has 1 aliphatic heterocycles. The molecule has 1 saturated heterocycles. The Bertz CT molecular complexity index is 886. The fraction of sp³-hybridized carbons (Fsp3) is 0.500. The maximum atomic E-state index is 12.5. The van der Waals surface area contributed by atoms with Gasteiger partial charge in [0.25, 0.3) is 0 Å². The quantitative estimate of drug-likeness (QED) is 0.653. The molecule has 2 aromatic rings. The molecular weight excluding hydrogens is 358 g/mol. The molecule has 1 aromatic carbocycles. The van der Waals surface area contributed by atoms with Gasteiger partial charge in [0, 0.05) is 17.8 Å². The van der Waals surface area contributed by atoms with E-state index in [1.165, 1.54) is 0 Å². The van der Waals surface area contributed by atoms with Crippen molar-refractivity contribution >= 4 is 28.7 Å². The Labute approximate surface area is 164 Å². The lowest BCUT2D eigenvalue weighted by atomic mass is 9.93. The molecule has 3 N–H and O–H groups in total. The van der Waals surface area contributed by atoms with Gasteiger partial charge in [0.2, 0.25) is 11.9 Å². The summed E-state index contributed by atoms with van der Waals surface area (Å²) in [6.07, 6.45) is 0.182. The number of esters is 1. The van der Waals surface area contributed by atoms with Gasteiger partial charge in [0.15, 0.2) is 6.29 Å². The van der Waals surface area contributed by atoms with Crippen LogP contribution in [0.4, 0.5) is 5.95 Å². The van der Waals surface area contributed by atoms with Gasteiger partial charge in [-0.15, -0.1) is 0 Å². The number of carbonyl (C=O) groups excluding carboxylic acids is 2. The van der Waals surface area contributed by atoms with Gasteiger partial charge in [-0.05, 0) is 45.7 Å². The summed E-state index contributed by atoms with van der Waals surface area (Å²) in [6, 6.07) is 5.95. The van der Waals surface area contributed by atoms with Crippen LogP contribution in [0.15, 0.2) is 18.2 Å². The van der Waals surface area contributed by atoms with Crippen molar-refractivity contribution in [2.24, 2.45) is 5.92 Å². The van der Waals surface area contributed by atoms with Crippen LogP contribution in [0.5, 0.6) is 0 Å². The van der Waals surface area contributed by atoms with E-state index in [-0.39, 0.29) is 30.3 Å². The summed E-state index contributed by atoms with van der Waals surface area (Å²) in [5, 5.41) is 10.3. The fourth-order valence-corrected chi connectivity index (χ4v) is 3.45. The lowest BCUT2D eigenvalue weighted by Gasteiger charge is -2.35. The molecule has 3 rings (SSSR count). The maximum Gasteiger partial charge on any atom is 0.305 e. The Morgan fingerprint density at radius 1 is 1.29 bits per heavy atom. The number of fused-ring (bicyclic) bond motifs is 1. The number of anilines is 1. The average Bonchev–Trinajstić information content (AvgIpc) is 2.60. The van der Waals surface area contributed by atoms with E-state index in [0.717, 1.165) is 22.2 Å². The van der Waals surface area contributed by atoms with Gasteiger partial charge in [-0.2, -0.15) is 0 Å². The highest BCUT2D eigenvalue weighted by molar-refractivity contribution is 5.83. The van der Waals surface area contributed by atoms with Crippen LogP contribution in [0.2, 0.25) is 0 Å². The molecule has 2 heterocycles. The Kier molecular flexibility index (Phi) is 6.08. The minimum Gasteiger partial charge on any atom is -0.466 e. The van der Waals surface area contributed by atoms with Gasteiger partial charge >= 0.3 is 5.97 Å². The van der Waals surface area contributed by atoms with Crippen molar-refractivity contribution in [2.75, 3.05) is 11.9 Å². The van der Waals surface area contributed by atoms with E-state index in [1.54, 1.807) is 6.92 Å². The Balaban J connectivity index is 1.66. The smallest absolute Gasteiger partial charge is 0.305 e. The SMILES string of the molecule is CCOC(=O)CCC1C(=O)NC(Nc2nc(C)c3ccc(C)cc3n2)NC1C. The molecular formula is C20H27N5O3. The summed E-state index contributed by atoms with van der Waals surface area (Å²) in [4.78, 5) is 33.1. The Hall–Kier alpha value is -2.74. The minimum absolute atomic E-state index is 0.107.